The van der Waals surface area contributed by atoms with E-state index in [9.17, 15) is 14.4 Å². The van der Waals surface area contributed by atoms with Crippen LogP contribution in [0.4, 0.5) is 11.4 Å². The van der Waals surface area contributed by atoms with E-state index in [1.807, 2.05) is 0 Å². The number of carbonyl (C=O) groups excluding carboxylic acids is 3. The van der Waals surface area contributed by atoms with Crippen LogP contribution < -0.4 is 19.7 Å². The Balaban J connectivity index is 1.60. The topological polar surface area (TPSA) is 94.2 Å². The van der Waals surface area contributed by atoms with Crippen molar-refractivity contribution < 1.29 is 28.6 Å². The number of benzene rings is 2. The Morgan fingerprint density at radius 2 is 1.94 bits per heavy atom. The Bertz CT molecular complexity index is 1010. The van der Waals surface area contributed by atoms with Gasteiger partial charge in [0.2, 0.25) is 5.91 Å². The number of nitrogens with zero attached hydrogens (tertiary/aromatic N) is 1. The molecule has 1 saturated heterocycles. The monoisotopic (exact) mass is 466 g/mol. The van der Waals surface area contributed by atoms with Crippen molar-refractivity contribution in [3.05, 3.63) is 46.4 Å². The molecule has 164 valence electrons. The summed E-state index contributed by atoms with van der Waals surface area (Å²) >= 11 is 11.9. The van der Waals surface area contributed by atoms with Gasteiger partial charge in [-0.15, -0.1) is 0 Å². The number of hydrogen-bond acceptors (Lipinski definition) is 6. The summed E-state index contributed by atoms with van der Waals surface area (Å²) in [6, 6.07) is 9.83. The highest BCUT2D eigenvalue weighted by atomic mass is 35.5. The van der Waals surface area contributed by atoms with Crippen LogP contribution >= 0.6 is 23.2 Å². The molecule has 1 fully saturated rings. The minimum atomic E-state index is -0.717. The maximum absolute atomic E-state index is 12.5. The highest BCUT2D eigenvalue weighted by Gasteiger charge is 2.37. The lowest BCUT2D eigenvalue weighted by Gasteiger charge is -2.20. The first-order chi connectivity index (χ1) is 14.8. The van der Waals surface area contributed by atoms with E-state index in [0.29, 0.717) is 22.9 Å². The van der Waals surface area contributed by atoms with Crippen LogP contribution in [0.5, 0.6) is 11.5 Å². The summed E-state index contributed by atoms with van der Waals surface area (Å²) in [5.74, 6) is -1.18. The molecule has 1 atom stereocenters. The summed E-state index contributed by atoms with van der Waals surface area (Å²) in [6.45, 7) is -0.419. The number of halogens is 2. The van der Waals surface area contributed by atoms with Gasteiger partial charge in [-0.05, 0) is 24.3 Å². The second-order valence-corrected chi connectivity index (χ2v) is 7.49. The molecule has 1 heterocycles. The second-order valence-electron chi connectivity index (χ2n) is 6.70. The standard InChI is InChI=1S/C21H20Cl2N2O6/c1-29-13-6-7-17(30-2)16(9-13)25-10-12(8-19(25)27)21(28)31-11-18(26)24-15-5-3-4-14(22)20(15)23/h3-7,9,12H,8,10-11H2,1-2H3,(H,24,26)/t12-/m1/s1. The fourth-order valence-electron chi connectivity index (χ4n) is 3.15. The zero-order valence-electron chi connectivity index (χ0n) is 16.8. The van der Waals surface area contributed by atoms with E-state index in [4.69, 9.17) is 37.4 Å². The first kappa shape index (κ1) is 22.7. The van der Waals surface area contributed by atoms with Crippen molar-refractivity contribution in [1.82, 2.24) is 0 Å². The van der Waals surface area contributed by atoms with Gasteiger partial charge in [0.05, 0.1) is 41.6 Å². The van der Waals surface area contributed by atoms with Gasteiger partial charge in [-0.25, -0.2) is 0 Å². The van der Waals surface area contributed by atoms with Crippen LogP contribution in [0, 0.1) is 5.92 Å². The summed E-state index contributed by atoms with van der Waals surface area (Å²) in [7, 11) is 3.00. The van der Waals surface area contributed by atoms with E-state index < -0.39 is 24.4 Å². The molecule has 1 N–H and O–H groups in total. The van der Waals surface area contributed by atoms with Crippen LogP contribution in [0.3, 0.4) is 0 Å². The zero-order valence-corrected chi connectivity index (χ0v) is 18.3. The van der Waals surface area contributed by atoms with Crippen molar-refractivity contribution in [1.29, 1.82) is 0 Å². The number of amides is 2. The predicted octanol–water partition coefficient (Wildman–Crippen LogP) is 3.55. The van der Waals surface area contributed by atoms with Gasteiger partial charge >= 0.3 is 5.97 Å². The molecule has 31 heavy (non-hydrogen) atoms. The van der Waals surface area contributed by atoms with Crippen molar-refractivity contribution in [3.63, 3.8) is 0 Å². The normalized spacial score (nSPS) is 15.5. The molecule has 3 rings (SSSR count). The lowest BCUT2D eigenvalue weighted by molar-refractivity contribution is -0.151. The first-order valence-corrected chi connectivity index (χ1v) is 10.0. The SMILES string of the molecule is COc1ccc(OC)c(N2C[C@H](C(=O)OCC(=O)Nc3cccc(Cl)c3Cl)CC2=O)c1. The van der Waals surface area contributed by atoms with Gasteiger partial charge in [-0.1, -0.05) is 29.3 Å². The van der Waals surface area contributed by atoms with Crippen LogP contribution in [-0.4, -0.2) is 45.2 Å². The number of carbonyl (C=O) groups is 3. The van der Waals surface area contributed by atoms with E-state index in [0.717, 1.165) is 0 Å². The van der Waals surface area contributed by atoms with E-state index in [-0.39, 0.29) is 28.9 Å². The molecule has 0 spiro atoms. The van der Waals surface area contributed by atoms with Crippen LogP contribution in [0.1, 0.15) is 6.42 Å². The Kier molecular flexibility index (Phi) is 7.25. The molecule has 0 unspecified atom stereocenters. The molecule has 1 aliphatic rings. The molecule has 2 aromatic carbocycles. The third kappa shape index (κ3) is 5.21. The molecule has 0 aliphatic carbocycles. The van der Waals surface area contributed by atoms with Gasteiger partial charge < -0.3 is 24.4 Å². The van der Waals surface area contributed by atoms with Crippen molar-refractivity contribution in [3.8, 4) is 11.5 Å². The van der Waals surface area contributed by atoms with E-state index >= 15 is 0 Å². The minimum Gasteiger partial charge on any atom is -0.497 e. The Hall–Kier alpha value is -2.97. The van der Waals surface area contributed by atoms with Crippen molar-refractivity contribution in [2.75, 3.05) is 37.6 Å². The van der Waals surface area contributed by atoms with Gasteiger partial charge in [0.25, 0.3) is 5.91 Å². The second kappa shape index (κ2) is 9.89. The average Bonchev–Trinajstić information content (AvgIpc) is 3.16. The number of ether oxygens (including phenoxy) is 3. The smallest absolute Gasteiger partial charge is 0.311 e. The fraction of sp³-hybridized carbons (Fsp3) is 0.286. The minimum absolute atomic E-state index is 0.0407. The van der Waals surface area contributed by atoms with Crippen molar-refractivity contribution in [2.24, 2.45) is 5.92 Å². The molecule has 2 aromatic rings. The van der Waals surface area contributed by atoms with E-state index in [1.165, 1.54) is 19.1 Å². The largest absolute Gasteiger partial charge is 0.497 e. The summed E-state index contributed by atoms with van der Waals surface area (Å²) in [5, 5.41) is 3.00. The fourth-order valence-corrected chi connectivity index (χ4v) is 3.49. The maximum Gasteiger partial charge on any atom is 0.311 e. The molecule has 0 aromatic heterocycles. The molecular formula is C21H20Cl2N2O6. The number of nitrogens with one attached hydrogen (secondary N) is 1. The van der Waals surface area contributed by atoms with Crippen molar-refractivity contribution >= 4 is 52.4 Å². The number of hydrogen-bond donors (Lipinski definition) is 1. The molecular weight excluding hydrogens is 447 g/mol. The number of anilines is 2. The molecule has 1 aliphatic heterocycles. The molecule has 10 heteroatoms. The quantitative estimate of drug-likeness (QED) is 0.627. The van der Waals surface area contributed by atoms with Gasteiger partial charge in [0.15, 0.2) is 6.61 Å². The molecule has 0 saturated carbocycles. The van der Waals surface area contributed by atoms with Crippen LogP contribution in [-0.2, 0) is 19.1 Å². The molecule has 8 nitrogen and oxygen atoms in total. The van der Waals surface area contributed by atoms with Crippen molar-refractivity contribution in [2.45, 2.75) is 6.42 Å². The molecule has 0 radical (unpaired) electrons. The number of rotatable bonds is 7. The third-order valence-corrected chi connectivity index (χ3v) is 5.53. The highest BCUT2D eigenvalue weighted by Crippen LogP contribution is 2.36. The third-order valence-electron chi connectivity index (χ3n) is 4.71. The Morgan fingerprint density at radius 3 is 2.65 bits per heavy atom. The van der Waals surface area contributed by atoms with Gasteiger partial charge in [-0.2, -0.15) is 0 Å². The Morgan fingerprint density at radius 1 is 1.16 bits per heavy atom. The van der Waals surface area contributed by atoms with Gasteiger partial charge in [0.1, 0.15) is 11.5 Å². The first-order valence-electron chi connectivity index (χ1n) is 9.27. The van der Waals surface area contributed by atoms with Gasteiger partial charge in [0, 0.05) is 19.0 Å². The Labute approximate surface area is 189 Å². The van der Waals surface area contributed by atoms with E-state index in [1.54, 1.807) is 36.4 Å². The van der Waals surface area contributed by atoms with E-state index in [2.05, 4.69) is 5.32 Å². The van der Waals surface area contributed by atoms with Gasteiger partial charge in [-0.3, -0.25) is 14.4 Å². The van der Waals surface area contributed by atoms with Crippen LogP contribution in [0.2, 0.25) is 10.0 Å². The lowest BCUT2D eigenvalue weighted by Crippen LogP contribution is -2.28. The lowest BCUT2D eigenvalue weighted by atomic mass is 10.1. The maximum atomic E-state index is 12.5. The predicted molar refractivity (Wildman–Crippen MR) is 116 cm³/mol. The average molecular weight is 467 g/mol. The summed E-state index contributed by atoms with van der Waals surface area (Å²) < 4.78 is 15.6. The summed E-state index contributed by atoms with van der Waals surface area (Å²) in [5.41, 5.74) is 0.804. The zero-order chi connectivity index (χ0) is 22.5. The van der Waals surface area contributed by atoms with Crippen LogP contribution in [0.25, 0.3) is 0 Å². The number of methoxy groups -OCH3 is 2. The molecule has 0 bridgehead atoms. The number of esters is 1. The summed E-state index contributed by atoms with van der Waals surface area (Å²) in [6.07, 6.45) is -0.0407. The highest BCUT2D eigenvalue weighted by molar-refractivity contribution is 6.44. The summed E-state index contributed by atoms with van der Waals surface area (Å²) in [4.78, 5) is 38.5. The van der Waals surface area contributed by atoms with Crippen LogP contribution in [0.15, 0.2) is 36.4 Å². The molecule has 2 amide bonds.